The number of aromatic nitrogens is 2. The molecule has 0 bridgehead atoms. The Morgan fingerprint density at radius 3 is 2.94 bits per heavy atom. The van der Waals surface area contributed by atoms with Crippen molar-refractivity contribution in [1.29, 1.82) is 0 Å². The molecular weight excluding hydrogens is 214 g/mol. The van der Waals surface area contributed by atoms with Crippen LogP contribution in [0.15, 0.2) is 29.1 Å². The van der Waals surface area contributed by atoms with Gasteiger partial charge in [0.2, 0.25) is 0 Å². The highest BCUT2D eigenvalue weighted by Crippen LogP contribution is 2.22. The van der Waals surface area contributed by atoms with Gasteiger partial charge in [0.15, 0.2) is 0 Å². The average molecular weight is 233 g/mol. The molecule has 0 fully saturated rings. The van der Waals surface area contributed by atoms with E-state index in [-0.39, 0.29) is 6.04 Å². The summed E-state index contributed by atoms with van der Waals surface area (Å²) in [5.74, 6) is 2.13. The normalized spacial score (nSPS) is 12.9. The zero-order valence-corrected chi connectivity index (χ0v) is 10.6. The maximum absolute atomic E-state index is 5.48. The van der Waals surface area contributed by atoms with E-state index in [4.69, 9.17) is 4.42 Å². The molecule has 1 atom stereocenters. The highest BCUT2D eigenvalue weighted by atomic mass is 16.3. The summed E-state index contributed by atoms with van der Waals surface area (Å²) in [5, 5.41) is 3.33. The SMILES string of the molecule is CCc1occc1C(Cc1nccn1C)NC. The first kappa shape index (κ1) is 11.9. The maximum Gasteiger partial charge on any atom is 0.110 e. The molecule has 2 heterocycles. The minimum absolute atomic E-state index is 0.254. The second kappa shape index (κ2) is 5.19. The van der Waals surface area contributed by atoms with Gasteiger partial charge in [0.1, 0.15) is 11.6 Å². The summed E-state index contributed by atoms with van der Waals surface area (Å²) in [6.45, 7) is 2.11. The standard InChI is InChI=1S/C13H19N3O/c1-4-12-10(5-8-17-12)11(14-2)9-13-15-6-7-16(13)3/h5-8,11,14H,4,9H2,1-3H3. The predicted octanol–water partition coefficient (Wildman–Crippen LogP) is 2.08. The Bertz CT molecular complexity index is 472. The largest absolute Gasteiger partial charge is 0.469 e. The molecule has 4 heteroatoms. The van der Waals surface area contributed by atoms with Crippen LogP contribution in [-0.4, -0.2) is 16.6 Å². The van der Waals surface area contributed by atoms with E-state index in [2.05, 4.69) is 21.8 Å². The van der Waals surface area contributed by atoms with Crippen molar-refractivity contribution in [2.75, 3.05) is 7.05 Å². The molecule has 1 unspecified atom stereocenters. The number of nitrogens with one attached hydrogen (secondary N) is 1. The van der Waals surface area contributed by atoms with E-state index in [9.17, 15) is 0 Å². The Labute approximate surface area is 102 Å². The Balaban J connectivity index is 2.20. The predicted molar refractivity (Wildman–Crippen MR) is 66.8 cm³/mol. The van der Waals surface area contributed by atoms with Crippen LogP contribution in [0.5, 0.6) is 0 Å². The van der Waals surface area contributed by atoms with Crippen LogP contribution in [0, 0.1) is 0 Å². The van der Waals surface area contributed by atoms with Gasteiger partial charge in [-0.2, -0.15) is 0 Å². The second-order valence-electron chi connectivity index (χ2n) is 4.15. The molecule has 4 nitrogen and oxygen atoms in total. The first-order valence-corrected chi connectivity index (χ1v) is 5.96. The Hall–Kier alpha value is -1.55. The summed E-state index contributed by atoms with van der Waals surface area (Å²) in [6, 6.07) is 2.30. The van der Waals surface area contributed by atoms with Crippen molar-refractivity contribution in [3.05, 3.63) is 41.9 Å². The number of nitrogens with zero attached hydrogens (tertiary/aromatic N) is 2. The van der Waals surface area contributed by atoms with Crippen molar-refractivity contribution in [2.24, 2.45) is 7.05 Å². The monoisotopic (exact) mass is 233 g/mol. The van der Waals surface area contributed by atoms with Gasteiger partial charge >= 0.3 is 0 Å². The lowest BCUT2D eigenvalue weighted by atomic mass is 10.0. The number of aryl methyl sites for hydroxylation is 2. The molecule has 0 aliphatic heterocycles. The number of rotatable bonds is 5. The second-order valence-corrected chi connectivity index (χ2v) is 4.15. The third kappa shape index (κ3) is 2.42. The molecule has 2 aromatic heterocycles. The van der Waals surface area contributed by atoms with Crippen LogP contribution in [0.3, 0.4) is 0 Å². The van der Waals surface area contributed by atoms with Gasteiger partial charge in [-0.05, 0) is 13.1 Å². The molecule has 1 N–H and O–H groups in total. The Morgan fingerprint density at radius 2 is 2.35 bits per heavy atom. The molecule has 0 aromatic carbocycles. The maximum atomic E-state index is 5.48. The topological polar surface area (TPSA) is 43.0 Å². The first-order valence-electron chi connectivity index (χ1n) is 5.96. The summed E-state index contributed by atoms with van der Waals surface area (Å²) in [4.78, 5) is 4.36. The molecule has 0 amide bonds. The van der Waals surface area contributed by atoms with Gasteiger partial charge in [-0.1, -0.05) is 6.92 Å². The van der Waals surface area contributed by atoms with Crippen LogP contribution >= 0.6 is 0 Å². The van der Waals surface area contributed by atoms with Gasteiger partial charge in [-0.3, -0.25) is 0 Å². The highest BCUT2D eigenvalue weighted by Gasteiger charge is 2.17. The molecule has 2 rings (SSSR count). The lowest BCUT2D eigenvalue weighted by Gasteiger charge is -2.15. The number of hydrogen-bond donors (Lipinski definition) is 1. The van der Waals surface area contributed by atoms with E-state index in [0.29, 0.717) is 0 Å². The minimum atomic E-state index is 0.254. The average Bonchev–Trinajstić information content (AvgIpc) is 2.95. The van der Waals surface area contributed by atoms with Gasteiger partial charge in [-0.15, -0.1) is 0 Å². The third-order valence-corrected chi connectivity index (χ3v) is 3.13. The van der Waals surface area contributed by atoms with Crippen molar-refractivity contribution in [3.63, 3.8) is 0 Å². The summed E-state index contributed by atoms with van der Waals surface area (Å²) in [7, 11) is 3.99. The van der Waals surface area contributed by atoms with Crippen molar-refractivity contribution in [2.45, 2.75) is 25.8 Å². The lowest BCUT2D eigenvalue weighted by Crippen LogP contribution is -2.21. The van der Waals surface area contributed by atoms with Crippen LogP contribution in [-0.2, 0) is 19.9 Å². The van der Waals surface area contributed by atoms with Crippen LogP contribution in [0.25, 0.3) is 0 Å². The van der Waals surface area contributed by atoms with Crippen LogP contribution in [0.2, 0.25) is 0 Å². The summed E-state index contributed by atoms with van der Waals surface area (Å²) >= 11 is 0. The van der Waals surface area contributed by atoms with Gasteiger partial charge in [0.05, 0.1) is 6.26 Å². The molecule has 0 spiro atoms. The fourth-order valence-corrected chi connectivity index (χ4v) is 2.09. The highest BCUT2D eigenvalue weighted by molar-refractivity contribution is 5.22. The number of furan rings is 1. The summed E-state index contributed by atoms with van der Waals surface area (Å²) in [5.41, 5.74) is 1.23. The Morgan fingerprint density at radius 1 is 1.53 bits per heavy atom. The quantitative estimate of drug-likeness (QED) is 0.859. The van der Waals surface area contributed by atoms with E-state index in [1.165, 1.54) is 5.56 Å². The van der Waals surface area contributed by atoms with Gasteiger partial charge in [0.25, 0.3) is 0 Å². The number of likely N-dealkylation sites (N-methyl/N-ethyl adjacent to an activating group) is 1. The molecule has 0 saturated carbocycles. The van der Waals surface area contributed by atoms with E-state index >= 15 is 0 Å². The zero-order valence-electron chi connectivity index (χ0n) is 10.6. The van der Waals surface area contributed by atoms with Crippen molar-refractivity contribution >= 4 is 0 Å². The lowest BCUT2D eigenvalue weighted by molar-refractivity contribution is 0.491. The van der Waals surface area contributed by atoms with Gasteiger partial charge < -0.3 is 14.3 Å². The summed E-state index contributed by atoms with van der Waals surface area (Å²) in [6.07, 6.45) is 7.35. The summed E-state index contributed by atoms with van der Waals surface area (Å²) < 4.78 is 7.53. The fourth-order valence-electron chi connectivity index (χ4n) is 2.09. The molecule has 92 valence electrons. The van der Waals surface area contributed by atoms with E-state index in [1.807, 2.05) is 32.6 Å². The van der Waals surface area contributed by atoms with E-state index in [0.717, 1.165) is 24.4 Å². The van der Waals surface area contributed by atoms with Gasteiger partial charge in [-0.25, -0.2) is 4.98 Å². The number of imidazole rings is 1. The minimum Gasteiger partial charge on any atom is -0.469 e. The molecule has 0 aliphatic carbocycles. The molecular formula is C13H19N3O. The zero-order chi connectivity index (χ0) is 12.3. The van der Waals surface area contributed by atoms with E-state index < -0.39 is 0 Å². The third-order valence-electron chi connectivity index (χ3n) is 3.13. The van der Waals surface area contributed by atoms with Crippen LogP contribution < -0.4 is 5.32 Å². The van der Waals surface area contributed by atoms with Crippen molar-refractivity contribution < 1.29 is 4.42 Å². The fraction of sp³-hybridized carbons (Fsp3) is 0.462. The molecule has 0 aliphatic rings. The van der Waals surface area contributed by atoms with Gasteiger partial charge in [0, 0.05) is 43.9 Å². The first-order chi connectivity index (χ1) is 8.26. The number of hydrogen-bond acceptors (Lipinski definition) is 3. The smallest absolute Gasteiger partial charge is 0.110 e. The van der Waals surface area contributed by atoms with Crippen molar-refractivity contribution in [1.82, 2.24) is 14.9 Å². The molecule has 0 saturated heterocycles. The molecule has 17 heavy (non-hydrogen) atoms. The van der Waals surface area contributed by atoms with Crippen LogP contribution in [0.4, 0.5) is 0 Å². The van der Waals surface area contributed by atoms with E-state index in [1.54, 1.807) is 6.26 Å². The molecule has 0 radical (unpaired) electrons. The molecule has 2 aromatic rings. The van der Waals surface area contributed by atoms with Crippen LogP contribution in [0.1, 0.15) is 30.1 Å². The van der Waals surface area contributed by atoms with Crippen molar-refractivity contribution in [3.8, 4) is 0 Å². The Kier molecular flexibility index (Phi) is 3.64.